The Balaban J connectivity index is 2.55. The Labute approximate surface area is 92.4 Å². The summed E-state index contributed by atoms with van der Waals surface area (Å²) in [7, 11) is 2.90. The van der Waals surface area contributed by atoms with Gasteiger partial charge in [0.2, 0.25) is 5.41 Å². The van der Waals surface area contributed by atoms with Crippen molar-refractivity contribution in [3.8, 4) is 0 Å². The maximum absolute atomic E-state index is 5.76. The minimum Gasteiger partial charge on any atom is -0.397 e. The fourth-order valence-electron chi connectivity index (χ4n) is 1.49. The summed E-state index contributed by atoms with van der Waals surface area (Å²) in [4.78, 5) is 0. The predicted octanol–water partition coefficient (Wildman–Crippen LogP) is 0.207. The van der Waals surface area contributed by atoms with Gasteiger partial charge in [-0.1, -0.05) is 6.92 Å². The second kappa shape index (κ2) is 5.93. The fourth-order valence-corrected chi connectivity index (χ4v) is 3.16. The molecule has 0 amide bonds. The molecule has 0 N–H and O–H groups in total. The summed E-state index contributed by atoms with van der Waals surface area (Å²) in [6.45, 7) is 3.31. The van der Waals surface area contributed by atoms with Gasteiger partial charge in [0.25, 0.3) is 0 Å². The van der Waals surface area contributed by atoms with Crippen molar-refractivity contribution in [2.24, 2.45) is 0 Å². The number of rotatable bonds is 8. The molecule has 2 unspecified atom stereocenters. The second-order valence-corrected chi connectivity index (χ2v) is 5.93. The van der Waals surface area contributed by atoms with Crippen LogP contribution in [0, 0.1) is 0 Å². The van der Waals surface area contributed by atoms with E-state index in [4.69, 9.17) is 23.1 Å². The molecule has 0 spiro atoms. The summed E-state index contributed by atoms with van der Waals surface area (Å²) in [5, 5.41) is 0. The molecule has 1 rings (SSSR count). The third kappa shape index (κ3) is 3.23. The van der Waals surface area contributed by atoms with E-state index in [1.165, 1.54) is 0 Å². The van der Waals surface area contributed by atoms with Crippen molar-refractivity contribution >= 4 is 9.28 Å². The van der Waals surface area contributed by atoms with Crippen molar-refractivity contribution < 1.29 is 23.1 Å². The highest BCUT2D eigenvalue weighted by atomic mass is 28.3. The lowest BCUT2D eigenvalue weighted by molar-refractivity contribution is -0.187. The lowest BCUT2D eigenvalue weighted by Crippen LogP contribution is -2.53. The van der Waals surface area contributed by atoms with Gasteiger partial charge in [-0.05, 0) is 0 Å². The Morgan fingerprint density at radius 1 is 1.33 bits per heavy atom. The van der Waals surface area contributed by atoms with Crippen LogP contribution in [0.1, 0.15) is 13.3 Å². The topological polar surface area (TPSA) is 49.5 Å². The molecule has 0 aliphatic carbocycles. The molecule has 6 heteroatoms. The Bertz CT molecular complexity index is 177. The highest BCUT2D eigenvalue weighted by Crippen LogP contribution is 2.24. The first-order chi connectivity index (χ1) is 7.22. The van der Waals surface area contributed by atoms with Gasteiger partial charge in [-0.2, -0.15) is 0 Å². The van der Waals surface area contributed by atoms with Crippen molar-refractivity contribution in [2.45, 2.75) is 24.9 Å². The number of methoxy groups -OCH3 is 1. The van der Waals surface area contributed by atoms with E-state index in [-0.39, 0.29) is 6.10 Å². The van der Waals surface area contributed by atoms with E-state index >= 15 is 0 Å². The normalized spacial score (nSPS) is 24.2. The molecule has 2 atom stereocenters. The molecular weight excluding hydrogens is 216 g/mol. The first-order valence-electron chi connectivity index (χ1n) is 5.08. The van der Waals surface area contributed by atoms with Crippen LogP contribution < -0.4 is 0 Å². The molecule has 5 nitrogen and oxygen atoms in total. The average Bonchev–Trinajstić information content (AvgIpc) is 3.08. The molecular formula is C9H20O5Si. The van der Waals surface area contributed by atoms with Crippen LogP contribution in [-0.4, -0.2) is 55.3 Å². The first-order valence-corrected chi connectivity index (χ1v) is 6.60. The molecule has 0 saturated carbocycles. The van der Waals surface area contributed by atoms with Gasteiger partial charge in [-0.3, -0.25) is 0 Å². The highest BCUT2D eigenvalue weighted by molar-refractivity contribution is 6.47. The summed E-state index contributed by atoms with van der Waals surface area (Å²) in [5.74, 6) is 0. The van der Waals surface area contributed by atoms with Crippen LogP contribution in [0.15, 0.2) is 0 Å². The van der Waals surface area contributed by atoms with Gasteiger partial charge in [0.15, 0.2) is 0 Å². The van der Waals surface area contributed by atoms with Gasteiger partial charge in [0.05, 0.1) is 13.2 Å². The van der Waals surface area contributed by atoms with Crippen molar-refractivity contribution in [2.75, 3.05) is 34.5 Å². The monoisotopic (exact) mass is 236 g/mol. The van der Waals surface area contributed by atoms with E-state index in [1.54, 1.807) is 21.3 Å². The van der Waals surface area contributed by atoms with Crippen LogP contribution in [0.5, 0.6) is 0 Å². The molecule has 0 bridgehead atoms. The van der Waals surface area contributed by atoms with Crippen LogP contribution in [-0.2, 0) is 23.1 Å². The van der Waals surface area contributed by atoms with E-state index in [0.717, 1.165) is 6.61 Å². The van der Waals surface area contributed by atoms with Crippen molar-refractivity contribution in [1.82, 2.24) is 0 Å². The average molecular weight is 236 g/mol. The van der Waals surface area contributed by atoms with E-state index in [0.29, 0.717) is 13.0 Å². The molecule has 1 fully saturated rings. The maximum atomic E-state index is 5.76. The fraction of sp³-hybridized carbons (Fsp3) is 1.00. The molecule has 0 radical (unpaired) electrons. The van der Waals surface area contributed by atoms with Crippen LogP contribution in [0.25, 0.3) is 0 Å². The number of hydrogen-bond acceptors (Lipinski definition) is 5. The van der Waals surface area contributed by atoms with Gasteiger partial charge in [-0.25, -0.2) is 0 Å². The zero-order valence-corrected chi connectivity index (χ0v) is 11.0. The van der Waals surface area contributed by atoms with Crippen molar-refractivity contribution in [1.29, 1.82) is 0 Å². The lowest BCUT2D eigenvalue weighted by atomic mass is 10.4. The zero-order valence-electron chi connectivity index (χ0n) is 9.82. The van der Waals surface area contributed by atoms with E-state index in [9.17, 15) is 0 Å². The quantitative estimate of drug-likeness (QED) is 0.342. The third-order valence-electron chi connectivity index (χ3n) is 2.54. The third-order valence-corrected chi connectivity index (χ3v) is 4.93. The lowest BCUT2D eigenvalue weighted by Gasteiger charge is -2.34. The second-order valence-electron chi connectivity index (χ2n) is 3.44. The Hall–Kier alpha value is 0.0169. The molecule has 0 aromatic carbocycles. The smallest absolute Gasteiger partial charge is 0.383 e. The molecule has 0 aromatic heterocycles. The minimum atomic E-state index is -1.97. The van der Waals surface area contributed by atoms with Gasteiger partial charge in [0, 0.05) is 27.8 Å². The van der Waals surface area contributed by atoms with Crippen LogP contribution in [0.3, 0.4) is 0 Å². The Morgan fingerprint density at radius 3 is 2.27 bits per heavy atom. The number of hydrogen-bond donors (Lipinski definition) is 0. The largest absolute Gasteiger partial charge is 0.397 e. The van der Waals surface area contributed by atoms with E-state index in [1.807, 2.05) is 6.92 Å². The van der Waals surface area contributed by atoms with Gasteiger partial charge < -0.3 is 23.1 Å². The van der Waals surface area contributed by atoms with E-state index in [2.05, 4.69) is 0 Å². The number of epoxide rings is 1. The van der Waals surface area contributed by atoms with Crippen LogP contribution in [0.2, 0.25) is 0 Å². The molecule has 1 aliphatic rings. The van der Waals surface area contributed by atoms with Crippen LogP contribution >= 0.6 is 0 Å². The van der Waals surface area contributed by atoms with Gasteiger partial charge in [-0.15, -0.1) is 0 Å². The summed E-state index contributed by atoms with van der Waals surface area (Å²) < 4.78 is 26.9. The van der Waals surface area contributed by atoms with E-state index < -0.39 is 14.7 Å². The van der Waals surface area contributed by atoms with Crippen molar-refractivity contribution in [3.05, 3.63) is 0 Å². The van der Waals surface area contributed by atoms with Crippen LogP contribution in [0.4, 0.5) is 0 Å². The van der Waals surface area contributed by atoms with Crippen molar-refractivity contribution in [3.63, 3.8) is 0 Å². The Kier molecular flexibility index (Phi) is 5.17. The summed E-state index contributed by atoms with van der Waals surface area (Å²) in [6.07, 6.45) is 0.920. The standard InChI is InChI=1S/C9H20O5Si/c1-5-9(10-2,15(11-3)12-4)14-7-8-6-13-8/h8,15H,5-7H2,1-4H3. The van der Waals surface area contributed by atoms with Gasteiger partial charge >= 0.3 is 9.28 Å². The summed E-state index contributed by atoms with van der Waals surface area (Å²) in [6, 6.07) is 0. The number of ether oxygens (including phenoxy) is 3. The molecule has 1 aliphatic heterocycles. The molecule has 0 aromatic rings. The highest BCUT2D eigenvalue weighted by Gasteiger charge is 2.44. The van der Waals surface area contributed by atoms with Gasteiger partial charge in [0.1, 0.15) is 6.10 Å². The molecule has 1 saturated heterocycles. The first kappa shape index (κ1) is 13.1. The predicted molar refractivity (Wildman–Crippen MR) is 56.9 cm³/mol. The summed E-state index contributed by atoms with van der Waals surface area (Å²) in [5.41, 5.74) is -0.713. The molecule has 1 heterocycles. The molecule has 90 valence electrons. The maximum Gasteiger partial charge on any atom is 0.383 e. The SMILES string of the molecule is CCC(OC)(OCC1CO1)[SiH](OC)OC. The summed E-state index contributed by atoms with van der Waals surface area (Å²) >= 11 is 0. The molecule has 15 heavy (non-hydrogen) atoms. The zero-order chi connectivity index (χ0) is 11.3. The minimum absolute atomic E-state index is 0.217. The Morgan fingerprint density at radius 2 is 1.93 bits per heavy atom.